The predicted octanol–water partition coefficient (Wildman–Crippen LogP) is 5.14. The number of benzene rings is 1. The maximum atomic E-state index is 12.3. The van der Waals surface area contributed by atoms with Crippen molar-refractivity contribution in [2.24, 2.45) is 5.41 Å². The van der Waals surface area contributed by atoms with Crippen LogP contribution in [0.25, 0.3) is 0 Å². The number of thiophene rings is 1. The van der Waals surface area contributed by atoms with Gasteiger partial charge in [-0.3, -0.25) is 9.59 Å². The zero-order chi connectivity index (χ0) is 21.1. The highest BCUT2D eigenvalue weighted by atomic mass is 35.5. The number of hydrogen-bond donors (Lipinski definition) is 2. The first-order valence-electron chi connectivity index (χ1n) is 8.32. The molecule has 0 fully saturated rings. The standard InChI is InChI=1S/C19H20Cl2N2O4S/c1-10-8-14(23-18(26)19(2,3)4)28-16(10)17(25)27-9-13(24)22-12-7-5-6-11(20)15(12)21/h5-8H,9H2,1-4H3,(H,22,24)(H,23,26). The number of nitrogens with one attached hydrogen (secondary N) is 2. The van der Waals surface area contributed by atoms with E-state index in [2.05, 4.69) is 10.6 Å². The van der Waals surface area contributed by atoms with Gasteiger partial charge >= 0.3 is 5.97 Å². The van der Waals surface area contributed by atoms with Crippen LogP contribution in [0.5, 0.6) is 0 Å². The molecule has 1 aromatic carbocycles. The molecule has 2 rings (SSSR count). The van der Waals surface area contributed by atoms with Gasteiger partial charge < -0.3 is 15.4 Å². The van der Waals surface area contributed by atoms with E-state index in [0.717, 1.165) is 11.3 Å². The van der Waals surface area contributed by atoms with E-state index in [1.165, 1.54) is 0 Å². The molecule has 0 aliphatic rings. The van der Waals surface area contributed by atoms with E-state index in [0.29, 0.717) is 26.2 Å². The highest BCUT2D eigenvalue weighted by Crippen LogP contribution is 2.30. The maximum absolute atomic E-state index is 12.3. The Labute approximate surface area is 177 Å². The summed E-state index contributed by atoms with van der Waals surface area (Å²) >= 11 is 13.0. The Hall–Kier alpha value is -2.09. The van der Waals surface area contributed by atoms with Gasteiger partial charge in [0.05, 0.1) is 20.7 Å². The molecule has 0 saturated heterocycles. The maximum Gasteiger partial charge on any atom is 0.349 e. The van der Waals surface area contributed by atoms with Crippen LogP contribution in [0.15, 0.2) is 24.3 Å². The Bertz CT molecular complexity index is 919. The molecule has 150 valence electrons. The lowest BCUT2D eigenvalue weighted by Crippen LogP contribution is -2.27. The summed E-state index contributed by atoms with van der Waals surface area (Å²) in [6, 6.07) is 6.51. The Morgan fingerprint density at radius 2 is 1.82 bits per heavy atom. The normalized spacial score (nSPS) is 11.1. The number of esters is 1. The van der Waals surface area contributed by atoms with E-state index < -0.39 is 23.9 Å². The molecule has 0 atom stereocenters. The van der Waals surface area contributed by atoms with Crippen LogP contribution in [0, 0.1) is 12.3 Å². The quantitative estimate of drug-likeness (QED) is 0.627. The van der Waals surface area contributed by atoms with Crippen molar-refractivity contribution in [2.75, 3.05) is 17.2 Å². The fraction of sp³-hybridized carbons (Fsp3) is 0.316. The fourth-order valence-electron chi connectivity index (χ4n) is 2.03. The van der Waals surface area contributed by atoms with Crippen molar-refractivity contribution in [1.29, 1.82) is 0 Å². The molecular weight excluding hydrogens is 423 g/mol. The van der Waals surface area contributed by atoms with Crippen LogP contribution in [0.1, 0.15) is 36.0 Å². The van der Waals surface area contributed by atoms with Crippen LogP contribution in [-0.2, 0) is 14.3 Å². The van der Waals surface area contributed by atoms with Gasteiger partial charge in [-0.1, -0.05) is 50.0 Å². The van der Waals surface area contributed by atoms with Crippen molar-refractivity contribution in [2.45, 2.75) is 27.7 Å². The van der Waals surface area contributed by atoms with Crippen LogP contribution in [0.3, 0.4) is 0 Å². The topological polar surface area (TPSA) is 84.5 Å². The van der Waals surface area contributed by atoms with Crippen LogP contribution >= 0.6 is 34.5 Å². The average molecular weight is 443 g/mol. The number of carbonyl (C=O) groups excluding carboxylic acids is 3. The molecule has 2 aromatic rings. The van der Waals surface area contributed by atoms with Crippen LogP contribution < -0.4 is 10.6 Å². The summed E-state index contributed by atoms with van der Waals surface area (Å²) in [5.74, 6) is -1.36. The molecule has 0 bridgehead atoms. The van der Waals surface area contributed by atoms with Crippen molar-refractivity contribution < 1.29 is 19.1 Å². The van der Waals surface area contributed by atoms with Gasteiger partial charge in [-0.25, -0.2) is 4.79 Å². The van der Waals surface area contributed by atoms with Gasteiger partial charge in [0, 0.05) is 5.41 Å². The minimum Gasteiger partial charge on any atom is -0.451 e. The van der Waals surface area contributed by atoms with E-state index in [1.807, 2.05) is 0 Å². The lowest BCUT2D eigenvalue weighted by molar-refractivity contribution is -0.123. The monoisotopic (exact) mass is 442 g/mol. The number of anilines is 2. The summed E-state index contributed by atoms with van der Waals surface area (Å²) < 4.78 is 5.07. The zero-order valence-electron chi connectivity index (χ0n) is 15.8. The Morgan fingerprint density at radius 3 is 2.46 bits per heavy atom. The molecule has 1 aromatic heterocycles. The molecule has 0 unspecified atom stereocenters. The molecule has 0 radical (unpaired) electrons. The zero-order valence-corrected chi connectivity index (χ0v) is 18.1. The molecule has 2 N–H and O–H groups in total. The molecule has 0 aliphatic heterocycles. The molecular formula is C19H20Cl2N2O4S. The van der Waals surface area contributed by atoms with Crippen LogP contribution in [0.2, 0.25) is 10.0 Å². The summed E-state index contributed by atoms with van der Waals surface area (Å²) in [7, 11) is 0. The van der Waals surface area contributed by atoms with Gasteiger partial charge in [-0.2, -0.15) is 0 Å². The summed E-state index contributed by atoms with van der Waals surface area (Å²) in [6.07, 6.45) is 0. The highest BCUT2D eigenvalue weighted by molar-refractivity contribution is 7.18. The molecule has 28 heavy (non-hydrogen) atoms. The van der Waals surface area contributed by atoms with Gasteiger partial charge in [0.15, 0.2) is 6.61 Å². The van der Waals surface area contributed by atoms with Crippen molar-refractivity contribution in [3.8, 4) is 0 Å². The fourth-order valence-corrected chi connectivity index (χ4v) is 3.34. The highest BCUT2D eigenvalue weighted by Gasteiger charge is 2.23. The van der Waals surface area contributed by atoms with Crippen LogP contribution in [-0.4, -0.2) is 24.4 Å². The summed E-state index contributed by atoms with van der Waals surface area (Å²) in [4.78, 5) is 36.7. The first-order chi connectivity index (χ1) is 13.0. The number of rotatable bonds is 5. The van der Waals surface area contributed by atoms with Gasteiger partial charge in [0.1, 0.15) is 4.88 Å². The van der Waals surface area contributed by atoms with Crippen molar-refractivity contribution in [1.82, 2.24) is 0 Å². The molecule has 1 heterocycles. The second-order valence-corrected chi connectivity index (χ2v) is 8.89. The molecule has 2 amide bonds. The number of carbonyl (C=O) groups is 3. The number of hydrogen-bond acceptors (Lipinski definition) is 5. The van der Waals surface area contributed by atoms with E-state index in [9.17, 15) is 14.4 Å². The summed E-state index contributed by atoms with van der Waals surface area (Å²) in [6.45, 7) is 6.63. The third kappa shape index (κ3) is 5.70. The minimum absolute atomic E-state index is 0.161. The number of ether oxygens (including phenoxy) is 1. The van der Waals surface area contributed by atoms with Gasteiger partial charge in [-0.15, -0.1) is 11.3 Å². The van der Waals surface area contributed by atoms with E-state index in [-0.39, 0.29) is 10.9 Å². The predicted molar refractivity (Wildman–Crippen MR) is 113 cm³/mol. The smallest absolute Gasteiger partial charge is 0.349 e. The SMILES string of the molecule is Cc1cc(NC(=O)C(C)(C)C)sc1C(=O)OCC(=O)Nc1cccc(Cl)c1Cl. The van der Waals surface area contributed by atoms with E-state index in [1.54, 1.807) is 52.0 Å². The number of aryl methyl sites for hydroxylation is 1. The molecule has 0 spiro atoms. The number of amides is 2. The Morgan fingerprint density at radius 1 is 1.14 bits per heavy atom. The molecule has 0 saturated carbocycles. The molecule has 9 heteroatoms. The molecule has 6 nitrogen and oxygen atoms in total. The summed E-state index contributed by atoms with van der Waals surface area (Å²) in [5.41, 5.74) is 0.422. The first kappa shape index (κ1) is 22.2. The minimum atomic E-state index is -0.647. The van der Waals surface area contributed by atoms with Crippen molar-refractivity contribution in [3.05, 3.63) is 44.8 Å². The lowest BCUT2D eigenvalue weighted by Gasteiger charge is -2.16. The van der Waals surface area contributed by atoms with Crippen molar-refractivity contribution in [3.63, 3.8) is 0 Å². The van der Waals surface area contributed by atoms with Gasteiger partial charge in [0.2, 0.25) is 5.91 Å². The van der Waals surface area contributed by atoms with Gasteiger partial charge in [-0.05, 0) is 30.7 Å². The van der Waals surface area contributed by atoms with Crippen molar-refractivity contribution >= 4 is 63.0 Å². The third-order valence-corrected chi connectivity index (χ3v) is 5.53. The summed E-state index contributed by atoms with van der Waals surface area (Å²) in [5, 5.41) is 6.35. The van der Waals surface area contributed by atoms with E-state index >= 15 is 0 Å². The number of halogens is 2. The third-order valence-electron chi connectivity index (χ3n) is 3.58. The van der Waals surface area contributed by atoms with Gasteiger partial charge in [0.25, 0.3) is 5.91 Å². The average Bonchev–Trinajstić information content (AvgIpc) is 2.96. The Kier molecular flexibility index (Phi) is 7.09. The lowest BCUT2D eigenvalue weighted by atomic mass is 9.96. The first-order valence-corrected chi connectivity index (χ1v) is 9.89. The largest absolute Gasteiger partial charge is 0.451 e. The Balaban J connectivity index is 1.97. The second-order valence-electron chi connectivity index (χ2n) is 7.05. The molecule has 0 aliphatic carbocycles. The van der Waals surface area contributed by atoms with E-state index in [4.69, 9.17) is 27.9 Å². The van der Waals surface area contributed by atoms with Crippen LogP contribution in [0.4, 0.5) is 10.7 Å². The second kappa shape index (κ2) is 8.94.